The zero-order valence-corrected chi connectivity index (χ0v) is 8.66. The van der Waals surface area contributed by atoms with Crippen LogP contribution in [0.15, 0.2) is 24.5 Å². The summed E-state index contributed by atoms with van der Waals surface area (Å²) in [4.78, 5) is 18.0. The van der Waals surface area contributed by atoms with Crippen LogP contribution < -0.4 is 0 Å². The van der Waals surface area contributed by atoms with E-state index in [4.69, 9.17) is 0 Å². The van der Waals surface area contributed by atoms with Gasteiger partial charge in [-0.1, -0.05) is 0 Å². The van der Waals surface area contributed by atoms with Crippen molar-refractivity contribution in [1.29, 1.82) is 0 Å². The maximum Gasteiger partial charge on any atom is 0.526 e. The highest BCUT2D eigenvalue weighted by atomic mass is 32.2. The van der Waals surface area contributed by atoms with Crippen molar-refractivity contribution in [2.24, 2.45) is 0 Å². The quantitative estimate of drug-likeness (QED) is 0.463. The minimum absolute atomic E-state index is 0.259. The molecule has 0 radical (unpaired) electrons. The summed E-state index contributed by atoms with van der Waals surface area (Å²) in [6, 6.07) is 2.45. The number of hydrogen-bond donors (Lipinski definition) is 0. The Bertz CT molecular complexity index is 498. The minimum atomic E-state index is -5.96. The molecule has 0 aromatic carbocycles. The maximum atomic E-state index is 11.8. The highest BCUT2D eigenvalue weighted by Gasteiger charge is 2.49. The van der Waals surface area contributed by atoms with Crippen molar-refractivity contribution in [3.8, 4) is 0 Å². The Balaban J connectivity index is 2.68. The lowest BCUT2D eigenvalue weighted by Gasteiger charge is -2.06. The highest BCUT2D eigenvalue weighted by Crippen LogP contribution is 2.24. The summed E-state index contributed by atoms with van der Waals surface area (Å²) >= 11 is 0. The molecule has 1 aromatic rings. The molecule has 0 aliphatic rings. The smallest absolute Gasteiger partial charge is 0.276 e. The predicted molar refractivity (Wildman–Crippen MR) is 45.7 cm³/mol. The van der Waals surface area contributed by atoms with Crippen molar-refractivity contribution >= 4 is 16.1 Å². The van der Waals surface area contributed by atoms with Crippen LogP contribution in [-0.4, -0.2) is 24.9 Å². The Kier molecular flexibility index (Phi) is 3.68. The molecule has 0 aliphatic heterocycles. The van der Waals surface area contributed by atoms with Gasteiger partial charge in [-0.2, -0.15) is 21.6 Å². The first-order valence-electron chi connectivity index (χ1n) is 3.86. The van der Waals surface area contributed by atoms with Crippen molar-refractivity contribution in [2.45, 2.75) is 5.51 Å². The van der Waals surface area contributed by atoms with Crippen molar-refractivity contribution in [3.05, 3.63) is 30.1 Å². The monoisotopic (exact) mass is 271 g/mol. The molecule has 17 heavy (non-hydrogen) atoms. The first kappa shape index (κ1) is 13.4. The Labute approximate surface area is 93.0 Å². The summed E-state index contributed by atoms with van der Waals surface area (Å²) in [5.74, 6) is -1.41. The van der Waals surface area contributed by atoms with Crippen LogP contribution in [0.2, 0.25) is 0 Å². The molecule has 0 N–H and O–H groups in total. The number of carbonyl (C=O) groups is 1. The molecule has 1 rings (SSSR count). The van der Waals surface area contributed by atoms with Crippen molar-refractivity contribution in [2.75, 3.05) is 0 Å². The number of carbonyl (C=O) groups excluding carboxylic acids is 1. The Hall–Kier alpha value is -1.68. The maximum absolute atomic E-state index is 11.8. The normalized spacial score (nSPS) is 12.2. The average Bonchev–Trinajstić information content (AvgIpc) is 2.25. The fourth-order valence-electron chi connectivity index (χ4n) is 0.646. The van der Waals surface area contributed by atoms with E-state index >= 15 is 0 Å². The fraction of sp³-hybridized carbons (Fsp3) is 0.143. The van der Waals surface area contributed by atoms with Crippen LogP contribution in [0.25, 0.3) is 0 Å². The van der Waals surface area contributed by atoms with E-state index in [1.807, 2.05) is 0 Å². The molecule has 0 aliphatic carbocycles. The number of hydrogen-bond acceptors (Lipinski definition) is 6. The van der Waals surface area contributed by atoms with Crippen LogP contribution in [0.1, 0.15) is 10.4 Å². The van der Waals surface area contributed by atoms with Crippen LogP contribution in [0.4, 0.5) is 13.2 Å². The molecule has 0 amide bonds. The van der Waals surface area contributed by atoms with Gasteiger partial charge in [0.05, 0.1) is 5.56 Å². The first-order chi connectivity index (χ1) is 7.74. The van der Waals surface area contributed by atoms with Crippen LogP contribution in [0.5, 0.6) is 0 Å². The van der Waals surface area contributed by atoms with Gasteiger partial charge in [-0.05, 0) is 16.5 Å². The van der Waals surface area contributed by atoms with Crippen LogP contribution in [-0.2, 0) is 19.3 Å². The summed E-state index contributed by atoms with van der Waals surface area (Å²) in [5.41, 5.74) is -5.92. The van der Waals surface area contributed by atoms with Gasteiger partial charge in [0.25, 0.3) is 0 Å². The standard InChI is InChI=1S/C7H4F3NO5S/c8-7(9,10)17(13,14)16-15-6(12)5-2-1-3-11-4-5/h1-4H. The van der Waals surface area contributed by atoms with Crippen molar-refractivity contribution < 1.29 is 35.6 Å². The first-order valence-corrected chi connectivity index (χ1v) is 5.26. The molecule has 6 nitrogen and oxygen atoms in total. The largest absolute Gasteiger partial charge is 0.526 e. The summed E-state index contributed by atoms with van der Waals surface area (Å²) in [6.45, 7) is 0. The molecule has 1 heterocycles. The second-order valence-corrected chi connectivity index (χ2v) is 4.09. The molecule has 94 valence electrons. The fourth-order valence-corrected chi connectivity index (χ4v) is 0.874. The van der Waals surface area contributed by atoms with E-state index in [1.165, 1.54) is 12.3 Å². The van der Waals surface area contributed by atoms with E-state index in [9.17, 15) is 26.4 Å². The molecule has 10 heteroatoms. The minimum Gasteiger partial charge on any atom is -0.276 e. The van der Waals surface area contributed by atoms with Crippen molar-refractivity contribution in [1.82, 2.24) is 4.98 Å². The van der Waals surface area contributed by atoms with E-state index in [0.29, 0.717) is 0 Å². The molecular formula is C7H4F3NO5S. The second kappa shape index (κ2) is 4.67. The van der Waals surface area contributed by atoms with Crippen LogP contribution in [0, 0.1) is 0 Å². The summed E-state index contributed by atoms with van der Waals surface area (Å²) in [5, 5.41) is 0. The van der Waals surface area contributed by atoms with Crippen LogP contribution in [0.3, 0.4) is 0 Å². The lowest BCUT2D eigenvalue weighted by atomic mass is 10.3. The van der Waals surface area contributed by atoms with Gasteiger partial charge in [-0.3, -0.25) is 9.87 Å². The average molecular weight is 271 g/mol. The second-order valence-electron chi connectivity index (χ2n) is 2.58. The van der Waals surface area contributed by atoms with E-state index in [-0.39, 0.29) is 5.56 Å². The molecule has 1 aromatic heterocycles. The number of halogens is 3. The van der Waals surface area contributed by atoms with Gasteiger partial charge in [-0.25, -0.2) is 4.79 Å². The molecule has 0 fully saturated rings. The molecular weight excluding hydrogens is 267 g/mol. The molecule has 0 unspecified atom stereocenters. The predicted octanol–water partition coefficient (Wildman–Crippen LogP) is 1.02. The number of rotatable bonds is 3. The molecule has 0 bridgehead atoms. The van der Waals surface area contributed by atoms with E-state index < -0.39 is 21.6 Å². The Morgan fingerprint density at radius 3 is 2.47 bits per heavy atom. The van der Waals surface area contributed by atoms with Gasteiger partial charge in [0, 0.05) is 12.4 Å². The van der Waals surface area contributed by atoms with E-state index in [1.54, 1.807) is 0 Å². The van der Waals surface area contributed by atoms with Gasteiger partial charge in [0.1, 0.15) is 0 Å². The highest BCUT2D eigenvalue weighted by molar-refractivity contribution is 7.87. The molecule has 0 atom stereocenters. The summed E-state index contributed by atoms with van der Waals surface area (Å²) < 4.78 is 59.1. The van der Waals surface area contributed by atoms with Crippen molar-refractivity contribution in [3.63, 3.8) is 0 Å². The number of aromatic nitrogens is 1. The Morgan fingerprint density at radius 2 is 2.00 bits per heavy atom. The van der Waals surface area contributed by atoms with Crippen LogP contribution >= 0.6 is 0 Å². The van der Waals surface area contributed by atoms with E-state index in [2.05, 4.69) is 14.2 Å². The third kappa shape index (κ3) is 3.39. The van der Waals surface area contributed by atoms with Gasteiger partial charge in [0.2, 0.25) is 0 Å². The number of alkyl halides is 3. The van der Waals surface area contributed by atoms with E-state index in [0.717, 1.165) is 12.3 Å². The lowest BCUT2D eigenvalue weighted by Crippen LogP contribution is -2.26. The lowest BCUT2D eigenvalue weighted by molar-refractivity contribution is -0.163. The SMILES string of the molecule is O=C(OOS(=O)(=O)C(F)(F)F)c1cccnc1. The number of nitrogens with zero attached hydrogens (tertiary/aromatic N) is 1. The number of pyridine rings is 1. The topological polar surface area (TPSA) is 82.6 Å². The molecule has 0 saturated heterocycles. The van der Waals surface area contributed by atoms with Gasteiger partial charge >= 0.3 is 21.6 Å². The third-order valence-electron chi connectivity index (χ3n) is 1.38. The molecule has 0 spiro atoms. The van der Waals surface area contributed by atoms with Gasteiger partial charge < -0.3 is 0 Å². The zero-order chi connectivity index (χ0) is 13.1. The Morgan fingerprint density at radius 1 is 1.35 bits per heavy atom. The third-order valence-corrected chi connectivity index (χ3v) is 2.19. The molecule has 0 saturated carbocycles. The van der Waals surface area contributed by atoms with Gasteiger partial charge in [0.15, 0.2) is 0 Å². The van der Waals surface area contributed by atoms with Gasteiger partial charge in [-0.15, -0.1) is 0 Å². The summed E-state index contributed by atoms with van der Waals surface area (Å²) in [7, 11) is -5.96. The summed E-state index contributed by atoms with van der Waals surface area (Å²) in [6.07, 6.45) is 2.26. The zero-order valence-electron chi connectivity index (χ0n) is 7.84.